The number of hydrogen-bond acceptors (Lipinski definition) is 4. The normalized spacial score (nSPS) is 12.0. The van der Waals surface area contributed by atoms with Crippen LogP contribution in [-0.2, 0) is 4.74 Å². The Labute approximate surface area is 132 Å². The van der Waals surface area contributed by atoms with Crippen molar-refractivity contribution >= 4 is 28.8 Å². The molecule has 1 aromatic heterocycles. The van der Waals surface area contributed by atoms with Crippen molar-refractivity contribution in [2.45, 2.75) is 6.10 Å². The summed E-state index contributed by atoms with van der Waals surface area (Å²) in [7, 11) is 3.22. The van der Waals surface area contributed by atoms with Crippen LogP contribution in [0.25, 0.3) is 0 Å². The van der Waals surface area contributed by atoms with E-state index in [1.807, 2.05) is 24.3 Å². The first-order chi connectivity index (χ1) is 10.1. The Kier molecular flexibility index (Phi) is 5.61. The number of carbonyl (C=O) groups is 1. The van der Waals surface area contributed by atoms with E-state index >= 15 is 0 Å². The van der Waals surface area contributed by atoms with E-state index in [1.54, 1.807) is 26.4 Å². The molecule has 1 atom stereocenters. The predicted octanol–water partition coefficient (Wildman–Crippen LogP) is 3.53. The minimum absolute atomic E-state index is 0.156. The molecule has 1 aromatic carbocycles. The second-order valence-electron chi connectivity index (χ2n) is 4.31. The maximum absolute atomic E-state index is 12.0. The molecule has 0 bridgehead atoms. The Hall–Kier alpha value is -1.56. The predicted molar refractivity (Wildman–Crippen MR) is 84.4 cm³/mol. The number of benzene rings is 1. The van der Waals surface area contributed by atoms with Crippen LogP contribution in [0, 0.1) is 0 Å². The fourth-order valence-corrected chi connectivity index (χ4v) is 2.85. The van der Waals surface area contributed by atoms with Gasteiger partial charge in [0.05, 0.1) is 22.4 Å². The van der Waals surface area contributed by atoms with Crippen molar-refractivity contribution in [3.05, 3.63) is 51.2 Å². The SMILES string of the molecule is COc1cccc([C@@H](CNC(=O)c2ccc(Cl)s2)OC)c1. The maximum atomic E-state index is 12.0. The van der Waals surface area contributed by atoms with Crippen molar-refractivity contribution < 1.29 is 14.3 Å². The number of thiophene rings is 1. The van der Waals surface area contributed by atoms with Gasteiger partial charge in [0.15, 0.2) is 0 Å². The second kappa shape index (κ2) is 7.45. The molecule has 0 spiro atoms. The molecule has 0 saturated carbocycles. The summed E-state index contributed by atoms with van der Waals surface area (Å²) in [6, 6.07) is 11.0. The van der Waals surface area contributed by atoms with Crippen LogP contribution >= 0.6 is 22.9 Å². The summed E-state index contributed by atoms with van der Waals surface area (Å²) < 4.78 is 11.2. The van der Waals surface area contributed by atoms with Gasteiger partial charge in [0, 0.05) is 13.7 Å². The average Bonchev–Trinajstić information content (AvgIpc) is 2.94. The topological polar surface area (TPSA) is 47.6 Å². The third kappa shape index (κ3) is 4.20. The van der Waals surface area contributed by atoms with E-state index in [2.05, 4.69) is 5.32 Å². The van der Waals surface area contributed by atoms with Crippen LogP contribution in [0.3, 0.4) is 0 Å². The Morgan fingerprint density at radius 3 is 2.76 bits per heavy atom. The van der Waals surface area contributed by atoms with E-state index in [0.29, 0.717) is 15.8 Å². The molecule has 1 amide bonds. The third-order valence-electron chi connectivity index (χ3n) is 3.00. The van der Waals surface area contributed by atoms with Crippen LogP contribution in [0.15, 0.2) is 36.4 Å². The van der Waals surface area contributed by atoms with Crippen molar-refractivity contribution in [3.8, 4) is 5.75 Å². The molecule has 21 heavy (non-hydrogen) atoms. The number of nitrogens with one attached hydrogen (secondary N) is 1. The minimum atomic E-state index is -0.237. The van der Waals surface area contributed by atoms with Crippen molar-refractivity contribution in [1.82, 2.24) is 5.32 Å². The van der Waals surface area contributed by atoms with E-state index in [-0.39, 0.29) is 12.0 Å². The average molecular weight is 326 g/mol. The molecule has 6 heteroatoms. The third-order valence-corrected chi connectivity index (χ3v) is 4.23. The van der Waals surface area contributed by atoms with Crippen molar-refractivity contribution in [2.24, 2.45) is 0 Å². The molecule has 0 unspecified atom stereocenters. The largest absolute Gasteiger partial charge is 0.497 e. The zero-order valence-corrected chi connectivity index (χ0v) is 13.3. The van der Waals surface area contributed by atoms with Gasteiger partial charge >= 0.3 is 0 Å². The van der Waals surface area contributed by atoms with Crippen LogP contribution < -0.4 is 10.1 Å². The lowest BCUT2D eigenvalue weighted by molar-refractivity contribution is 0.0830. The van der Waals surface area contributed by atoms with Crippen LogP contribution in [0.4, 0.5) is 0 Å². The second-order valence-corrected chi connectivity index (χ2v) is 6.03. The first-order valence-corrected chi connectivity index (χ1v) is 7.53. The van der Waals surface area contributed by atoms with Gasteiger partial charge in [-0.25, -0.2) is 0 Å². The number of halogens is 1. The summed E-state index contributed by atoms with van der Waals surface area (Å²) in [5, 5.41) is 2.85. The molecule has 1 heterocycles. The highest BCUT2D eigenvalue weighted by molar-refractivity contribution is 7.17. The highest BCUT2D eigenvalue weighted by Crippen LogP contribution is 2.23. The number of hydrogen-bond donors (Lipinski definition) is 1. The molecule has 0 aliphatic heterocycles. The van der Waals surface area contributed by atoms with Gasteiger partial charge in [0.25, 0.3) is 5.91 Å². The van der Waals surface area contributed by atoms with E-state index < -0.39 is 0 Å². The molecule has 0 aliphatic carbocycles. The van der Waals surface area contributed by atoms with Gasteiger partial charge in [0.2, 0.25) is 0 Å². The zero-order valence-electron chi connectivity index (χ0n) is 11.8. The minimum Gasteiger partial charge on any atom is -0.497 e. The quantitative estimate of drug-likeness (QED) is 0.884. The van der Waals surface area contributed by atoms with Gasteiger partial charge < -0.3 is 14.8 Å². The molecule has 1 N–H and O–H groups in total. The summed E-state index contributed by atoms with van der Waals surface area (Å²) >= 11 is 7.07. The molecule has 2 rings (SSSR count). The first kappa shape index (κ1) is 15.8. The molecule has 0 aliphatic rings. The summed E-state index contributed by atoms with van der Waals surface area (Å²) in [6.07, 6.45) is -0.237. The molecular formula is C15H16ClNO3S. The molecule has 4 nitrogen and oxygen atoms in total. The van der Waals surface area contributed by atoms with Gasteiger partial charge in [-0.2, -0.15) is 0 Å². The van der Waals surface area contributed by atoms with Crippen LogP contribution in [-0.4, -0.2) is 26.7 Å². The Morgan fingerprint density at radius 1 is 1.33 bits per heavy atom. The van der Waals surface area contributed by atoms with Crippen molar-refractivity contribution in [1.29, 1.82) is 0 Å². The Morgan fingerprint density at radius 2 is 2.14 bits per heavy atom. The first-order valence-electron chi connectivity index (χ1n) is 6.34. The summed E-state index contributed by atoms with van der Waals surface area (Å²) in [5.74, 6) is 0.600. The van der Waals surface area contributed by atoms with Crippen molar-refractivity contribution in [2.75, 3.05) is 20.8 Å². The lowest BCUT2D eigenvalue weighted by atomic mass is 10.1. The monoisotopic (exact) mass is 325 g/mol. The van der Waals surface area contributed by atoms with Gasteiger partial charge in [-0.05, 0) is 29.8 Å². The molecule has 0 radical (unpaired) electrons. The lowest BCUT2D eigenvalue weighted by Crippen LogP contribution is -2.28. The molecule has 0 saturated heterocycles. The molecule has 0 fully saturated rings. The zero-order chi connectivity index (χ0) is 15.2. The Balaban J connectivity index is 2.00. The summed E-state index contributed by atoms with van der Waals surface area (Å²) in [4.78, 5) is 12.6. The van der Waals surface area contributed by atoms with Crippen LogP contribution in [0.1, 0.15) is 21.3 Å². The fraction of sp³-hybridized carbons (Fsp3) is 0.267. The molecule has 2 aromatic rings. The lowest BCUT2D eigenvalue weighted by Gasteiger charge is -2.17. The maximum Gasteiger partial charge on any atom is 0.261 e. The molecular weight excluding hydrogens is 310 g/mol. The fourth-order valence-electron chi connectivity index (χ4n) is 1.89. The van der Waals surface area contributed by atoms with Crippen molar-refractivity contribution in [3.63, 3.8) is 0 Å². The number of rotatable bonds is 6. The van der Waals surface area contributed by atoms with Crippen LogP contribution in [0.5, 0.6) is 5.75 Å². The van der Waals surface area contributed by atoms with E-state index in [9.17, 15) is 4.79 Å². The number of amides is 1. The van der Waals surface area contributed by atoms with E-state index in [0.717, 1.165) is 11.3 Å². The van der Waals surface area contributed by atoms with Gasteiger partial charge in [-0.1, -0.05) is 23.7 Å². The number of methoxy groups -OCH3 is 2. The van der Waals surface area contributed by atoms with Gasteiger partial charge in [-0.3, -0.25) is 4.79 Å². The number of carbonyl (C=O) groups excluding carboxylic acids is 1. The van der Waals surface area contributed by atoms with Gasteiger partial charge in [0.1, 0.15) is 5.75 Å². The highest BCUT2D eigenvalue weighted by Gasteiger charge is 2.14. The number of ether oxygens (including phenoxy) is 2. The summed E-state index contributed by atoms with van der Waals surface area (Å²) in [5.41, 5.74) is 0.946. The van der Waals surface area contributed by atoms with E-state index in [1.165, 1.54) is 11.3 Å². The van der Waals surface area contributed by atoms with E-state index in [4.69, 9.17) is 21.1 Å². The standard InChI is InChI=1S/C15H16ClNO3S/c1-19-11-5-3-4-10(8-11)12(20-2)9-17-15(18)13-6-7-14(16)21-13/h3-8,12H,9H2,1-2H3,(H,17,18)/t12-/m1/s1. The molecule has 112 valence electrons. The summed E-state index contributed by atoms with van der Waals surface area (Å²) in [6.45, 7) is 0.373. The Bertz CT molecular complexity index is 614. The van der Waals surface area contributed by atoms with Gasteiger partial charge in [-0.15, -0.1) is 11.3 Å². The smallest absolute Gasteiger partial charge is 0.261 e. The van der Waals surface area contributed by atoms with Crippen LogP contribution in [0.2, 0.25) is 4.34 Å². The highest BCUT2D eigenvalue weighted by atomic mass is 35.5.